The monoisotopic (exact) mass is 462 g/mol. The highest BCUT2D eigenvalue weighted by molar-refractivity contribution is 14.0. The molecule has 0 aliphatic carbocycles. The van der Waals surface area contributed by atoms with Crippen molar-refractivity contribution in [3.63, 3.8) is 0 Å². The topological polar surface area (TPSA) is 78.0 Å². The molecule has 3 rings (SSSR count). The van der Waals surface area contributed by atoms with Crippen molar-refractivity contribution in [2.24, 2.45) is 4.99 Å². The number of benzene rings is 2. The lowest BCUT2D eigenvalue weighted by molar-refractivity contribution is 0.809. The molecule has 1 aromatic heterocycles. The Kier molecular flexibility index (Phi) is 7.58. The van der Waals surface area contributed by atoms with Crippen LogP contribution in [0.3, 0.4) is 0 Å². The molecule has 0 unspecified atom stereocenters. The molecule has 0 atom stereocenters. The minimum absolute atomic E-state index is 0. The van der Waals surface area contributed by atoms with Crippen LogP contribution in [0.1, 0.15) is 16.7 Å². The summed E-state index contributed by atoms with van der Waals surface area (Å²) in [5.41, 5.74) is 4.65. The van der Waals surface area contributed by atoms with Crippen LogP contribution < -0.4 is 10.6 Å². The van der Waals surface area contributed by atoms with Crippen LogP contribution in [0, 0.1) is 6.92 Å². The van der Waals surface area contributed by atoms with E-state index in [2.05, 4.69) is 74.1 Å². The second kappa shape index (κ2) is 9.91. The summed E-state index contributed by atoms with van der Waals surface area (Å²) in [6.45, 7) is 3.51. The Morgan fingerprint density at radius 3 is 2.35 bits per heavy atom. The van der Waals surface area contributed by atoms with E-state index in [1.807, 2.05) is 12.1 Å². The fraction of sp³-hybridized carbons (Fsp3) is 0.211. The third-order valence-corrected chi connectivity index (χ3v) is 3.84. The highest BCUT2D eigenvalue weighted by atomic mass is 127. The Bertz CT molecular complexity index is 845. The Labute approximate surface area is 170 Å². The number of rotatable bonds is 5. The molecule has 7 heteroatoms. The minimum atomic E-state index is 0. The summed E-state index contributed by atoms with van der Waals surface area (Å²) in [5.74, 6) is 1.54. The fourth-order valence-electron chi connectivity index (χ4n) is 2.59. The zero-order valence-electron chi connectivity index (χ0n) is 14.9. The van der Waals surface area contributed by atoms with Gasteiger partial charge in [0.2, 0.25) is 0 Å². The van der Waals surface area contributed by atoms with Gasteiger partial charge in [-0.1, -0.05) is 48.0 Å². The van der Waals surface area contributed by atoms with E-state index in [-0.39, 0.29) is 24.0 Å². The number of aryl methyl sites for hydroxylation is 1. The maximum atomic E-state index is 4.28. The first-order chi connectivity index (χ1) is 12.2. The second-order valence-electron chi connectivity index (χ2n) is 5.80. The summed E-state index contributed by atoms with van der Waals surface area (Å²) in [4.78, 5) is 8.46. The molecule has 0 aliphatic heterocycles. The van der Waals surface area contributed by atoms with E-state index in [0.717, 1.165) is 29.5 Å². The van der Waals surface area contributed by atoms with Crippen LogP contribution in [0.5, 0.6) is 0 Å². The molecule has 0 radical (unpaired) electrons. The van der Waals surface area contributed by atoms with Crippen molar-refractivity contribution in [3.8, 4) is 11.4 Å². The number of aliphatic imine (C=N–C) groups is 1. The Morgan fingerprint density at radius 2 is 1.73 bits per heavy atom. The number of aromatic amines is 1. The van der Waals surface area contributed by atoms with Crippen molar-refractivity contribution in [2.45, 2.75) is 20.0 Å². The molecule has 0 aliphatic rings. The SMILES string of the molecule is CN=C(NCc1cccc(C)c1)NCc1cccc(-c2ncn[nH]2)c1.I. The van der Waals surface area contributed by atoms with Crippen molar-refractivity contribution in [1.29, 1.82) is 0 Å². The highest BCUT2D eigenvalue weighted by Crippen LogP contribution is 2.15. The first kappa shape index (κ1) is 19.9. The van der Waals surface area contributed by atoms with Crippen LogP contribution in [-0.2, 0) is 13.1 Å². The highest BCUT2D eigenvalue weighted by Gasteiger charge is 2.03. The molecule has 6 nitrogen and oxygen atoms in total. The van der Waals surface area contributed by atoms with E-state index in [4.69, 9.17) is 0 Å². The van der Waals surface area contributed by atoms with Crippen molar-refractivity contribution >= 4 is 29.9 Å². The van der Waals surface area contributed by atoms with Crippen LogP contribution in [0.25, 0.3) is 11.4 Å². The number of aromatic nitrogens is 3. The molecule has 2 aromatic carbocycles. The molecule has 0 bridgehead atoms. The standard InChI is InChI=1S/C19H22N6.HI/c1-14-5-3-6-15(9-14)11-21-19(20-2)22-12-16-7-4-8-17(10-16)18-23-13-24-25-18;/h3-10,13H,11-12H2,1-2H3,(H2,20,21,22)(H,23,24,25);1H. The first-order valence-electron chi connectivity index (χ1n) is 8.19. The van der Waals surface area contributed by atoms with Crippen LogP contribution >= 0.6 is 24.0 Å². The number of guanidine groups is 1. The molecule has 0 saturated carbocycles. The zero-order valence-corrected chi connectivity index (χ0v) is 17.2. The third-order valence-electron chi connectivity index (χ3n) is 3.84. The van der Waals surface area contributed by atoms with E-state index in [9.17, 15) is 0 Å². The maximum absolute atomic E-state index is 4.28. The Hall–Kier alpha value is -2.42. The molecular formula is C19H23IN6. The lowest BCUT2D eigenvalue weighted by Crippen LogP contribution is -2.36. The van der Waals surface area contributed by atoms with Crippen molar-refractivity contribution < 1.29 is 0 Å². The van der Waals surface area contributed by atoms with Crippen LogP contribution in [0.15, 0.2) is 59.9 Å². The lowest BCUT2D eigenvalue weighted by atomic mass is 10.1. The predicted octanol–water partition coefficient (Wildman–Crippen LogP) is 3.26. The number of hydrogen-bond acceptors (Lipinski definition) is 3. The van der Waals surface area contributed by atoms with Crippen molar-refractivity contribution in [2.75, 3.05) is 7.05 Å². The summed E-state index contributed by atoms with van der Waals surface area (Å²) in [6.07, 6.45) is 1.51. The molecule has 3 N–H and O–H groups in total. The molecule has 136 valence electrons. The summed E-state index contributed by atoms with van der Waals surface area (Å²) >= 11 is 0. The largest absolute Gasteiger partial charge is 0.352 e. The Balaban J connectivity index is 0.00000243. The van der Waals surface area contributed by atoms with Gasteiger partial charge in [0, 0.05) is 25.7 Å². The molecule has 1 heterocycles. The molecule has 26 heavy (non-hydrogen) atoms. The summed E-state index contributed by atoms with van der Waals surface area (Å²) < 4.78 is 0. The molecule has 0 fully saturated rings. The van der Waals surface area contributed by atoms with Crippen LogP contribution in [0.2, 0.25) is 0 Å². The summed E-state index contributed by atoms with van der Waals surface area (Å²) in [5, 5.41) is 13.4. The Morgan fingerprint density at radius 1 is 1.04 bits per heavy atom. The molecule has 0 spiro atoms. The van der Waals surface area contributed by atoms with E-state index < -0.39 is 0 Å². The molecule has 3 aromatic rings. The quantitative estimate of drug-likeness (QED) is 0.309. The second-order valence-corrected chi connectivity index (χ2v) is 5.80. The third kappa shape index (κ3) is 5.55. The number of nitrogens with one attached hydrogen (secondary N) is 3. The molecule has 0 amide bonds. The smallest absolute Gasteiger partial charge is 0.191 e. The van der Waals surface area contributed by atoms with Gasteiger partial charge in [-0.25, -0.2) is 4.98 Å². The van der Waals surface area contributed by atoms with Gasteiger partial charge in [0.1, 0.15) is 6.33 Å². The summed E-state index contributed by atoms with van der Waals surface area (Å²) in [7, 11) is 1.77. The molecular weight excluding hydrogens is 439 g/mol. The summed E-state index contributed by atoms with van der Waals surface area (Å²) in [6, 6.07) is 16.6. The minimum Gasteiger partial charge on any atom is -0.352 e. The predicted molar refractivity (Wildman–Crippen MR) is 115 cm³/mol. The van der Waals surface area contributed by atoms with Gasteiger partial charge in [-0.2, -0.15) is 5.10 Å². The zero-order chi connectivity index (χ0) is 17.5. The number of nitrogens with zero attached hydrogens (tertiary/aromatic N) is 3. The normalized spacial score (nSPS) is 10.9. The molecule has 0 saturated heterocycles. The van der Waals surface area contributed by atoms with Crippen LogP contribution in [-0.4, -0.2) is 28.2 Å². The van der Waals surface area contributed by atoms with Gasteiger partial charge in [-0.05, 0) is 24.1 Å². The first-order valence-corrected chi connectivity index (χ1v) is 8.19. The van der Waals surface area contributed by atoms with Gasteiger partial charge in [0.25, 0.3) is 0 Å². The number of H-pyrrole nitrogens is 1. The van der Waals surface area contributed by atoms with Gasteiger partial charge in [0.15, 0.2) is 11.8 Å². The van der Waals surface area contributed by atoms with Gasteiger partial charge in [-0.15, -0.1) is 24.0 Å². The van der Waals surface area contributed by atoms with Crippen molar-refractivity contribution in [3.05, 3.63) is 71.5 Å². The van der Waals surface area contributed by atoms with Gasteiger partial charge < -0.3 is 10.6 Å². The number of hydrogen-bond donors (Lipinski definition) is 3. The van der Waals surface area contributed by atoms with Gasteiger partial charge >= 0.3 is 0 Å². The van der Waals surface area contributed by atoms with E-state index >= 15 is 0 Å². The average molecular weight is 462 g/mol. The van der Waals surface area contributed by atoms with Crippen molar-refractivity contribution in [1.82, 2.24) is 25.8 Å². The fourth-order valence-corrected chi connectivity index (χ4v) is 2.59. The van der Waals surface area contributed by atoms with Crippen LogP contribution in [0.4, 0.5) is 0 Å². The number of halogens is 1. The maximum Gasteiger partial charge on any atom is 0.191 e. The van der Waals surface area contributed by atoms with E-state index in [1.165, 1.54) is 17.5 Å². The lowest BCUT2D eigenvalue weighted by Gasteiger charge is -2.12. The van der Waals surface area contributed by atoms with Gasteiger partial charge in [0.05, 0.1) is 0 Å². The average Bonchev–Trinajstić information content (AvgIpc) is 3.17. The van der Waals surface area contributed by atoms with E-state index in [0.29, 0.717) is 6.54 Å². The van der Waals surface area contributed by atoms with Gasteiger partial charge in [-0.3, -0.25) is 10.1 Å². The van der Waals surface area contributed by atoms with E-state index in [1.54, 1.807) is 7.05 Å².